The number of unbranched alkanes of at least 4 members (excludes halogenated alkanes) is 1. The molecular weight excluding hydrogens is 156 g/mol. The summed E-state index contributed by atoms with van der Waals surface area (Å²) in [6.45, 7) is 3.94. The van der Waals surface area contributed by atoms with Crippen molar-refractivity contribution in [2.75, 3.05) is 12.0 Å². The summed E-state index contributed by atoms with van der Waals surface area (Å²) in [5.74, 6) is 1.82. The summed E-state index contributed by atoms with van der Waals surface area (Å²) in [7, 11) is 0. The van der Waals surface area contributed by atoms with E-state index in [1.807, 2.05) is 25.6 Å². The van der Waals surface area contributed by atoms with E-state index in [1.54, 1.807) is 0 Å². The lowest BCUT2D eigenvalue weighted by Crippen LogP contribution is -2.06. The largest absolute Gasteiger partial charge is 0.299 e. The molecule has 0 saturated carbocycles. The van der Waals surface area contributed by atoms with Crippen molar-refractivity contribution < 1.29 is 4.79 Å². The van der Waals surface area contributed by atoms with Crippen LogP contribution in [-0.2, 0) is 4.79 Å². The summed E-state index contributed by atoms with van der Waals surface area (Å²) in [5.41, 5.74) is 0. The molecule has 1 nitrogen and oxygen atoms in total. The van der Waals surface area contributed by atoms with Crippen molar-refractivity contribution in [1.29, 1.82) is 0 Å². The van der Waals surface area contributed by atoms with E-state index in [2.05, 4.69) is 6.26 Å². The summed E-state index contributed by atoms with van der Waals surface area (Å²) >= 11 is 1.85. The van der Waals surface area contributed by atoms with E-state index in [0.717, 1.165) is 12.8 Å². The van der Waals surface area contributed by atoms with Gasteiger partial charge in [0.15, 0.2) is 0 Å². The van der Waals surface area contributed by atoms with Gasteiger partial charge in [-0.3, -0.25) is 4.79 Å². The molecule has 2 heteroatoms. The predicted molar refractivity (Wildman–Crippen MR) is 52.1 cm³/mol. The van der Waals surface area contributed by atoms with Gasteiger partial charge >= 0.3 is 0 Å². The number of carbonyl (C=O) groups excluding carboxylic acids is 1. The van der Waals surface area contributed by atoms with E-state index in [1.165, 1.54) is 12.2 Å². The molecule has 0 radical (unpaired) electrons. The molecule has 0 aliphatic heterocycles. The summed E-state index contributed by atoms with van der Waals surface area (Å²) in [4.78, 5) is 11.1. The average Bonchev–Trinajstić information content (AvgIpc) is 1.97. The highest BCUT2D eigenvalue weighted by molar-refractivity contribution is 7.98. The monoisotopic (exact) mass is 174 g/mol. The third-order valence-corrected chi connectivity index (χ3v) is 2.36. The zero-order chi connectivity index (χ0) is 8.69. The Kier molecular flexibility index (Phi) is 6.73. The van der Waals surface area contributed by atoms with Crippen LogP contribution in [0, 0.1) is 5.92 Å². The summed E-state index contributed by atoms with van der Waals surface area (Å²) < 4.78 is 0. The highest BCUT2D eigenvalue weighted by Gasteiger charge is 2.05. The van der Waals surface area contributed by atoms with Gasteiger partial charge < -0.3 is 0 Å². The Morgan fingerprint density at radius 3 is 2.45 bits per heavy atom. The van der Waals surface area contributed by atoms with E-state index in [4.69, 9.17) is 0 Å². The van der Waals surface area contributed by atoms with E-state index in [0.29, 0.717) is 5.78 Å². The molecule has 0 aromatic heterocycles. The van der Waals surface area contributed by atoms with E-state index >= 15 is 0 Å². The summed E-state index contributed by atoms with van der Waals surface area (Å²) in [6, 6.07) is 0. The van der Waals surface area contributed by atoms with Gasteiger partial charge in [0.1, 0.15) is 5.78 Å². The van der Waals surface area contributed by atoms with Crippen molar-refractivity contribution in [3.8, 4) is 0 Å². The number of carbonyl (C=O) groups is 1. The molecule has 0 amide bonds. The number of hydrogen-bond donors (Lipinski definition) is 0. The van der Waals surface area contributed by atoms with Gasteiger partial charge in [-0.1, -0.05) is 13.8 Å². The zero-order valence-corrected chi connectivity index (χ0v) is 8.54. The van der Waals surface area contributed by atoms with Crippen LogP contribution in [0.5, 0.6) is 0 Å². The summed E-state index contributed by atoms with van der Waals surface area (Å²) in [6.07, 6.45) is 5.12. The van der Waals surface area contributed by atoms with Crippen LogP contribution in [0.2, 0.25) is 0 Å². The molecule has 0 aliphatic carbocycles. The van der Waals surface area contributed by atoms with Crippen molar-refractivity contribution >= 4 is 17.5 Å². The average molecular weight is 174 g/mol. The molecule has 11 heavy (non-hydrogen) atoms. The Hall–Kier alpha value is 0.0200. The Morgan fingerprint density at radius 1 is 1.36 bits per heavy atom. The van der Waals surface area contributed by atoms with Gasteiger partial charge in [-0.15, -0.1) is 0 Å². The first-order valence-electron chi connectivity index (χ1n) is 4.20. The van der Waals surface area contributed by atoms with Crippen LogP contribution >= 0.6 is 11.8 Å². The molecule has 0 aromatic carbocycles. The van der Waals surface area contributed by atoms with Gasteiger partial charge in [0.25, 0.3) is 0 Å². The number of ketones is 1. The Labute approximate surface area is 73.9 Å². The zero-order valence-electron chi connectivity index (χ0n) is 7.72. The normalized spacial score (nSPS) is 10.5. The number of hydrogen-bond acceptors (Lipinski definition) is 2. The fourth-order valence-electron chi connectivity index (χ4n) is 0.834. The number of rotatable bonds is 6. The second-order valence-electron chi connectivity index (χ2n) is 3.07. The maximum Gasteiger partial charge on any atom is 0.135 e. The lowest BCUT2D eigenvalue weighted by Gasteiger charge is -2.02. The second kappa shape index (κ2) is 6.71. The van der Waals surface area contributed by atoms with Crippen molar-refractivity contribution in [1.82, 2.24) is 0 Å². The molecular formula is C9H18OS. The highest BCUT2D eigenvalue weighted by atomic mass is 32.2. The first-order chi connectivity index (χ1) is 5.18. The second-order valence-corrected chi connectivity index (χ2v) is 4.06. The first kappa shape index (κ1) is 11.0. The molecule has 0 atom stereocenters. The molecule has 0 bridgehead atoms. The minimum absolute atomic E-state index is 0.226. The van der Waals surface area contributed by atoms with Gasteiger partial charge in [0, 0.05) is 12.3 Å². The van der Waals surface area contributed by atoms with Crippen molar-refractivity contribution in [3.63, 3.8) is 0 Å². The van der Waals surface area contributed by atoms with Crippen LogP contribution in [0.15, 0.2) is 0 Å². The van der Waals surface area contributed by atoms with Gasteiger partial charge in [0.05, 0.1) is 0 Å². The summed E-state index contributed by atoms with van der Waals surface area (Å²) in [5, 5.41) is 0. The fourth-order valence-corrected chi connectivity index (χ4v) is 1.33. The third kappa shape index (κ3) is 6.42. The maximum absolute atomic E-state index is 11.1. The van der Waals surface area contributed by atoms with Gasteiger partial charge in [-0.05, 0) is 24.9 Å². The van der Waals surface area contributed by atoms with Crippen LogP contribution in [-0.4, -0.2) is 17.8 Å². The Bertz CT molecular complexity index is 110. The standard InChI is InChI=1S/C9H18OS/c1-8(2)9(10)6-4-5-7-11-3/h8H,4-7H2,1-3H3. The Balaban J connectivity index is 3.18. The minimum Gasteiger partial charge on any atom is -0.299 e. The molecule has 66 valence electrons. The molecule has 0 rings (SSSR count). The highest BCUT2D eigenvalue weighted by Crippen LogP contribution is 2.06. The van der Waals surface area contributed by atoms with Crippen molar-refractivity contribution in [2.24, 2.45) is 5.92 Å². The van der Waals surface area contributed by atoms with Gasteiger partial charge in [-0.2, -0.15) is 11.8 Å². The quantitative estimate of drug-likeness (QED) is 0.576. The molecule has 0 aromatic rings. The van der Waals surface area contributed by atoms with Crippen molar-refractivity contribution in [2.45, 2.75) is 33.1 Å². The molecule has 0 aliphatic rings. The van der Waals surface area contributed by atoms with Crippen LogP contribution in [0.25, 0.3) is 0 Å². The lowest BCUT2D eigenvalue weighted by molar-refractivity contribution is -0.121. The van der Waals surface area contributed by atoms with E-state index in [9.17, 15) is 4.79 Å². The predicted octanol–water partition coefficient (Wildman–Crippen LogP) is 2.74. The third-order valence-electron chi connectivity index (χ3n) is 1.67. The van der Waals surface area contributed by atoms with Gasteiger partial charge in [0.2, 0.25) is 0 Å². The van der Waals surface area contributed by atoms with Gasteiger partial charge in [-0.25, -0.2) is 0 Å². The maximum atomic E-state index is 11.1. The smallest absolute Gasteiger partial charge is 0.135 e. The molecule has 0 fully saturated rings. The van der Waals surface area contributed by atoms with E-state index < -0.39 is 0 Å². The molecule has 0 saturated heterocycles. The minimum atomic E-state index is 0.226. The molecule has 0 heterocycles. The first-order valence-corrected chi connectivity index (χ1v) is 5.59. The van der Waals surface area contributed by atoms with Crippen LogP contribution < -0.4 is 0 Å². The lowest BCUT2D eigenvalue weighted by atomic mass is 10.0. The number of Topliss-reactive ketones (excluding diaryl/α,β-unsaturated/α-hetero) is 1. The van der Waals surface area contributed by atoms with Crippen LogP contribution in [0.1, 0.15) is 33.1 Å². The molecule has 0 unspecified atom stereocenters. The Morgan fingerprint density at radius 2 is 2.00 bits per heavy atom. The topological polar surface area (TPSA) is 17.1 Å². The van der Waals surface area contributed by atoms with Crippen molar-refractivity contribution in [3.05, 3.63) is 0 Å². The van der Waals surface area contributed by atoms with Crippen LogP contribution in [0.4, 0.5) is 0 Å². The SMILES string of the molecule is CSCCCCC(=O)C(C)C. The molecule has 0 spiro atoms. The molecule has 0 N–H and O–H groups in total. The van der Waals surface area contributed by atoms with E-state index in [-0.39, 0.29) is 5.92 Å². The fraction of sp³-hybridized carbons (Fsp3) is 0.889. The number of thioether (sulfide) groups is 1. The van der Waals surface area contributed by atoms with Crippen LogP contribution in [0.3, 0.4) is 0 Å².